The van der Waals surface area contributed by atoms with Crippen LogP contribution in [-0.2, 0) is 17.8 Å². The van der Waals surface area contributed by atoms with Crippen LogP contribution >= 0.6 is 11.6 Å². The molecule has 1 unspecified atom stereocenters. The molecule has 2 heterocycles. The van der Waals surface area contributed by atoms with Crippen molar-refractivity contribution in [3.05, 3.63) is 16.9 Å². The van der Waals surface area contributed by atoms with Crippen LogP contribution in [0.3, 0.4) is 0 Å². The standard InChI is InChI=1S/C8H9ClN2O2/c9-6-4-10-11-2-1-5(8(12)13)3-7(6)11/h4-5H,1-3H2,(H,12,13). The summed E-state index contributed by atoms with van der Waals surface area (Å²) in [5, 5.41) is 13.4. The minimum Gasteiger partial charge on any atom is -0.481 e. The van der Waals surface area contributed by atoms with Crippen LogP contribution in [0.25, 0.3) is 0 Å². The predicted octanol–water partition coefficient (Wildman–Crippen LogP) is 1.18. The maximum absolute atomic E-state index is 10.7. The van der Waals surface area contributed by atoms with E-state index in [-0.39, 0.29) is 5.92 Å². The van der Waals surface area contributed by atoms with Crippen molar-refractivity contribution in [2.75, 3.05) is 0 Å². The first-order valence-electron chi connectivity index (χ1n) is 4.11. The number of aliphatic carboxylic acids is 1. The lowest BCUT2D eigenvalue weighted by atomic mass is 9.97. The smallest absolute Gasteiger partial charge is 0.306 e. The Morgan fingerprint density at radius 3 is 3.23 bits per heavy atom. The molecule has 70 valence electrons. The molecule has 0 radical (unpaired) electrons. The molecule has 0 fully saturated rings. The highest BCUT2D eigenvalue weighted by Gasteiger charge is 2.26. The molecule has 4 nitrogen and oxygen atoms in total. The first kappa shape index (κ1) is 8.56. The van der Waals surface area contributed by atoms with E-state index in [4.69, 9.17) is 16.7 Å². The molecule has 0 amide bonds. The predicted molar refractivity (Wildman–Crippen MR) is 46.7 cm³/mol. The monoisotopic (exact) mass is 200 g/mol. The van der Waals surface area contributed by atoms with Crippen LogP contribution in [0.5, 0.6) is 0 Å². The zero-order valence-corrected chi connectivity index (χ0v) is 7.66. The average Bonchev–Trinajstić information content (AvgIpc) is 2.47. The van der Waals surface area contributed by atoms with Crippen molar-refractivity contribution < 1.29 is 9.90 Å². The Labute approximate surface area is 80.1 Å². The number of halogens is 1. The molecule has 0 saturated carbocycles. The summed E-state index contributed by atoms with van der Waals surface area (Å²) >= 11 is 5.85. The Morgan fingerprint density at radius 1 is 1.77 bits per heavy atom. The van der Waals surface area contributed by atoms with Gasteiger partial charge in [0.15, 0.2) is 0 Å². The summed E-state index contributed by atoms with van der Waals surface area (Å²) in [4.78, 5) is 10.7. The van der Waals surface area contributed by atoms with E-state index in [0.29, 0.717) is 24.4 Å². The summed E-state index contributed by atoms with van der Waals surface area (Å²) in [6.07, 6.45) is 2.70. The topological polar surface area (TPSA) is 55.1 Å². The SMILES string of the molecule is O=C(O)C1CCn2ncc(Cl)c2C1. The highest BCUT2D eigenvalue weighted by Crippen LogP contribution is 2.25. The number of aromatic nitrogens is 2. The van der Waals surface area contributed by atoms with Gasteiger partial charge in [-0.05, 0) is 6.42 Å². The fourth-order valence-corrected chi connectivity index (χ4v) is 1.83. The van der Waals surface area contributed by atoms with Gasteiger partial charge in [0, 0.05) is 13.0 Å². The van der Waals surface area contributed by atoms with Crippen LogP contribution in [0.2, 0.25) is 5.02 Å². The minimum absolute atomic E-state index is 0.304. The van der Waals surface area contributed by atoms with E-state index < -0.39 is 5.97 Å². The molecule has 0 spiro atoms. The molecule has 0 aromatic carbocycles. The fourth-order valence-electron chi connectivity index (χ4n) is 1.61. The van der Waals surface area contributed by atoms with Gasteiger partial charge in [0.05, 0.1) is 22.8 Å². The van der Waals surface area contributed by atoms with Gasteiger partial charge in [0.1, 0.15) is 0 Å². The van der Waals surface area contributed by atoms with E-state index >= 15 is 0 Å². The summed E-state index contributed by atoms with van der Waals surface area (Å²) in [5.41, 5.74) is 0.848. The largest absolute Gasteiger partial charge is 0.481 e. The molecule has 0 saturated heterocycles. The van der Waals surface area contributed by atoms with Crippen molar-refractivity contribution in [1.82, 2.24) is 9.78 Å². The zero-order valence-electron chi connectivity index (χ0n) is 6.90. The Morgan fingerprint density at radius 2 is 2.54 bits per heavy atom. The van der Waals surface area contributed by atoms with Crippen LogP contribution in [0.15, 0.2) is 6.20 Å². The Hall–Kier alpha value is -1.03. The Balaban J connectivity index is 2.27. The summed E-state index contributed by atoms with van der Waals surface area (Å²) in [6.45, 7) is 0.652. The summed E-state index contributed by atoms with van der Waals surface area (Å²) in [5.74, 6) is -1.05. The van der Waals surface area contributed by atoms with Gasteiger partial charge < -0.3 is 5.11 Å². The molecule has 1 aromatic rings. The molecular weight excluding hydrogens is 192 g/mol. The van der Waals surface area contributed by atoms with E-state index in [1.54, 1.807) is 10.9 Å². The van der Waals surface area contributed by atoms with Crippen LogP contribution < -0.4 is 0 Å². The number of aryl methyl sites for hydroxylation is 1. The van der Waals surface area contributed by atoms with E-state index in [1.807, 2.05) is 0 Å². The molecule has 1 aromatic heterocycles. The molecule has 1 aliphatic rings. The number of nitrogens with zero attached hydrogens (tertiary/aromatic N) is 2. The third-order valence-corrected chi connectivity index (χ3v) is 2.69. The normalized spacial score (nSPS) is 21.2. The summed E-state index contributed by atoms with van der Waals surface area (Å²) in [7, 11) is 0. The second-order valence-electron chi connectivity index (χ2n) is 3.19. The van der Waals surface area contributed by atoms with Gasteiger partial charge in [0.2, 0.25) is 0 Å². The minimum atomic E-state index is -0.747. The molecular formula is C8H9ClN2O2. The van der Waals surface area contributed by atoms with Gasteiger partial charge in [-0.3, -0.25) is 9.48 Å². The lowest BCUT2D eigenvalue weighted by Gasteiger charge is -2.19. The number of rotatable bonds is 1. The van der Waals surface area contributed by atoms with Gasteiger partial charge in [-0.2, -0.15) is 5.10 Å². The third-order valence-electron chi connectivity index (χ3n) is 2.38. The van der Waals surface area contributed by atoms with Crippen molar-refractivity contribution in [3.8, 4) is 0 Å². The average molecular weight is 201 g/mol. The fraction of sp³-hybridized carbons (Fsp3) is 0.500. The second kappa shape index (κ2) is 3.03. The number of carboxylic acid groups (broad SMARTS) is 1. The van der Waals surface area contributed by atoms with Gasteiger partial charge >= 0.3 is 5.97 Å². The van der Waals surface area contributed by atoms with Gasteiger partial charge in [0.25, 0.3) is 0 Å². The van der Waals surface area contributed by atoms with Crippen LogP contribution in [-0.4, -0.2) is 20.9 Å². The van der Waals surface area contributed by atoms with E-state index in [0.717, 1.165) is 5.69 Å². The van der Waals surface area contributed by atoms with Crippen molar-refractivity contribution in [2.24, 2.45) is 5.92 Å². The zero-order chi connectivity index (χ0) is 9.42. The third kappa shape index (κ3) is 1.42. The summed E-state index contributed by atoms with van der Waals surface area (Å²) in [6, 6.07) is 0. The first-order valence-corrected chi connectivity index (χ1v) is 4.49. The second-order valence-corrected chi connectivity index (χ2v) is 3.60. The molecule has 0 bridgehead atoms. The van der Waals surface area contributed by atoms with Crippen molar-refractivity contribution >= 4 is 17.6 Å². The number of hydrogen-bond acceptors (Lipinski definition) is 2. The van der Waals surface area contributed by atoms with E-state index in [9.17, 15) is 4.79 Å². The number of fused-ring (bicyclic) bond motifs is 1. The number of carbonyl (C=O) groups is 1. The number of hydrogen-bond donors (Lipinski definition) is 1. The highest BCUT2D eigenvalue weighted by molar-refractivity contribution is 6.31. The Kier molecular flexibility index (Phi) is 2.00. The van der Waals surface area contributed by atoms with Gasteiger partial charge in [-0.15, -0.1) is 0 Å². The molecule has 2 rings (SSSR count). The molecule has 13 heavy (non-hydrogen) atoms. The van der Waals surface area contributed by atoms with E-state index in [2.05, 4.69) is 5.10 Å². The molecule has 1 atom stereocenters. The lowest BCUT2D eigenvalue weighted by molar-refractivity contribution is -0.142. The maximum atomic E-state index is 10.7. The summed E-state index contributed by atoms with van der Waals surface area (Å²) < 4.78 is 1.78. The van der Waals surface area contributed by atoms with Gasteiger partial charge in [-0.25, -0.2) is 0 Å². The van der Waals surface area contributed by atoms with Crippen LogP contribution in [0.4, 0.5) is 0 Å². The van der Waals surface area contributed by atoms with Crippen molar-refractivity contribution in [3.63, 3.8) is 0 Å². The van der Waals surface area contributed by atoms with Crippen LogP contribution in [0, 0.1) is 5.92 Å². The molecule has 5 heteroatoms. The molecule has 1 aliphatic heterocycles. The van der Waals surface area contributed by atoms with Crippen molar-refractivity contribution in [1.29, 1.82) is 0 Å². The van der Waals surface area contributed by atoms with Crippen molar-refractivity contribution in [2.45, 2.75) is 19.4 Å². The quantitative estimate of drug-likeness (QED) is 0.741. The maximum Gasteiger partial charge on any atom is 0.306 e. The molecule has 1 N–H and O–H groups in total. The molecule has 0 aliphatic carbocycles. The Bertz CT molecular complexity index is 348. The van der Waals surface area contributed by atoms with E-state index in [1.165, 1.54) is 0 Å². The highest BCUT2D eigenvalue weighted by atomic mass is 35.5. The number of carboxylic acids is 1. The van der Waals surface area contributed by atoms with Crippen LogP contribution in [0.1, 0.15) is 12.1 Å². The van der Waals surface area contributed by atoms with Gasteiger partial charge in [-0.1, -0.05) is 11.6 Å². The lowest BCUT2D eigenvalue weighted by Crippen LogP contribution is -2.25. The first-order chi connectivity index (χ1) is 6.18.